The Bertz CT molecular complexity index is 859. The van der Waals surface area contributed by atoms with Crippen LogP contribution in [-0.2, 0) is 6.54 Å². The molecule has 0 bridgehead atoms. The molecule has 3 aromatic rings. The summed E-state index contributed by atoms with van der Waals surface area (Å²) in [6.07, 6.45) is 1.70. The van der Waals surface area contributed by atoms with Gasteiger partial charge in [-0.1, -0.05) is 0 Å². The van der Waals surface area contributed by atoms with E-state index < -0.39 is 0 Å². The second-order valence-corrected chi connectivity index (χ2v) is 8.70. The summed E-state index contributed by atoms with van der Waals surface area (Å²) >= 11 is 6.49. The highest BCUT2D eigenvalue weighted by molar-refractivity contribution is 9.11. The van der Waals surface area contributed by atoms with Crippen molar-refractivity contribution in [3.05, 3.63) is 50.9 Å². The fraction of sp³-hybridized carbons (Fsp3) is 0.188. The first-order valence-electron chi connectivity index (χ1n) is 7.13. The van der Waals surface area contributed by atoms with Crippen molar-refractivity contribution in [2.45, 2.75) is 6.54 Å². The van der Waals surface area contributed by atoms with Crippen LogP contribution in [0.4, 0.5) is 5.82 Å². The van der Waals surface area contributed by atoms with Gasteiger partial charge in [-0.05, 0) is 59.9 Å². The molecular weight excluding hydrogens is 408 g/mol. The molecule has 0 radical (unpaired) electrons. The van der Waals surface area contributed by atoms with Gasteiger partial charge >= 0.3 is 0 Å². The van der Waals surface area contributed by atoms with Crippen molar-refractivity contribution in [3.8, 4) is 9.88 Å². The maximum Gasteiger partial charge on any atom is 0.276 e. The van der Waals surface area contributed by atoms with Gasteiger partial charge in [-0.15, -0.1) is 22.7 Å². The zero-order chi connectivity index (χ0) is 17.1. The van der Waals surface area contributed by atoms with Gasteiger partial charge in [0.25, 0.3) is 5.91 Å². The van der Waals surface area contributed by atoms with E-state index in [2.05, 4.69) is 36.1 Å². The van der Waals surface area contributed by atoms with E-state index in [-0.39, 0.29) is 5.91 Å². The lowest BCUT2D eigenvalue weighted by Gasteiger charge is -2.10. The van der Waals surface area contributed by atoms with Crippen LogP contribution in [0.1, 0.15) is 16.1 Å². The number of halogens is 1. The molecule has 124 valence electrons. The van der Waals surface area contributed by atoms with Crippen LogP contribution in [0.3, 0.4) is 0 Å². The van der Waals surface area contributed by atoms with E-state index in [1.54, 1.807) is 22.9 Å². The molecule has 24 heavy (non-hydrogen) atoms. The van der Waals surface area contributed by atoms with E-state index in [1.807, 2.05) is 38.4 Å². The Morgan fingerprint density at radius 1 is 1.33 bits per heavy atom. The second kappa shape index (κ2) is 7.52. The van der Waals surface area contributed by atoms with Crippen LogP contribution in [0.5, 0.6) is 0 Å². The molecule has 0 spiro atoms. The summed E-state index contributed by atoms with van der Waals surface area (Å²) in [4.78, 5) is 24.1. The molecule has 8 heteroatoms. The lowest BCUT2D eigenvalue weighted by Crippen LogP contribution is -2.15. The first-order chi connectivity index (χ1) is 11.5. The van der Waals surface area contributed by atoms with Crippen LogP contribution in [0.2, 0.25) is 0 Å². The lowest BCUT2D eigenvalue weighted by atomic mass is 10.2. The number of amides is 1. The molecule has 0 fully saturated rings. The molecule has 3 rings (SSSR count). The Morgan fingerprint density at radius 3 is 2.88 bits per heavy atom. The molecule has 0 aliphatic heterocycles. The van der Waals surface area contributed by atoms with Gasteiger partial charge in [0.15, 0.2) is 0 Å². The van der Waals surface area contributed by atoms with E-state index in [4.69, 9.17) is 0 Å². The van der Waals surface area contributed by atoms with Crippen LogP contribution in [0.25, 0.3) is 9.88 Å². The van der Waals surface area contributed by atoms with Crippen molar-refractivity contribution >= 4 is 50.3 Å². The van der Waals surface area contributed by atoms with E-state index >= 15 is 0 Å². The number of nitrogens with zero attached hydrogens (tertiary/aromatic N) is 3. The first kappa shape index (κ1) is 17.2. The van der Waals surface area contributed by atoms with Crippen LogP contribution >= 0.6 is 38.6 Å². The standard InChI is InChI=1S/C16H15BrN4OS2/c1-21(2)8-10-5-6-18-14(7-10)20-15(22)11-9-23-16(19-11)12-3-4-13(17)24-12/h3-7,9H,8H2,1-2H3,(H,18,20,22). The van der Waals surface area contributed by atoms with E-state index in [9.17, 15) is 4.79 Å². The van der Waals surface area contributed by atoms with E-state index in [0.717, 1.165) is 25.8 Å². The Hall–Kier alpha value is -1.61. The molecule has 5 nitrogen and oxygen atoms in total. The molecule has 0 aliphatic rings. The van der Waals surface area contributed by atoms with Crippen LogP contribution in [-0.4, -0.2) is 34.9 Å². The maximum absolute atomic E-state index is 12.4. The van der Waals surface area contributed by atoms with Crippen LogP contribution < -0.4 is 5.32 Å². The number of hydrogen-bond donors (Lipinski definition) is 1. The zero-order valence-corrected chi connectivity index (χ0v) is 16.3. The minimum atomic E-state index is -0.248. The third-order valence-electron chi connectivity index (χ3n) is 3.09. The highest BCUT2D eigenvalue weighted by Gasteiger charge is 2.14. The van der Waals surface area contributed by atoms with Gasteiger partial charge in [0, 0.05) is 18.1 Å². The van der Waals surface area contributed by atoms with Crippen molar-refractivity contribution in [2.24, 2.45) is 0 Å². The summed E-state index contributed by atoms with van der Waals surface area (Å²) in [5.41, 5.74) is 1.49. The number of anilines is 1. The summed E-state index contributed by atoms with van der Waals surface area (Å²) in [5.74, 6) is 0.287. The largest absolute Gasteiger partial charge is 0.305 e. The second-order valence-electron chi connectivity index (χ2n) is 5.38. The van der Waals surface area contributed by atoms with Crippen molar-refractivity contribution < 1.29 is 4.79 Å². The van der Waals surface area contributed by atoms with Gasteiger partial charge in [0.1, 0.15) is 16.5 Å². The van der Waals surface area contributed by atoms with E-state index in [0.29, 0.717) is 11.5 Å². The molecule has 0 unspecified atom stereocenters. The Labute approximate surface area is 156 Å². The summed E-state index contributed by atoms with van der Waals surface area (Å²) in [6.45, 7) is 0.791. The lowest BCUT2D eigenvalue weighted by molar-refractivity contribution is 0.102. The minimum Gasteiger partial charge on any atom is -0.305 e. The fourth-order valence-corrected chi connectivity index (χ4v) is 4.37. The van der Waals surface area contributed by atoms with Crippen molar-refractivity contribution in [1.29, 1.82) is 0 Å². The molecule has 3 heterocycles. The number of carbonyl (C=O) groups is 1. The minimum absolute atomic E-state index is 0.248. The first-order valence-corrected chi connectivity index (χ1v) is 9.62. The third-order valence-corrected chi connectivity index (χ3v) is 5.72. The summed E-state index contributed by atoms with van der Waals surface area (Å²) in [7, 11) is 4.00. The highest BCUT2D eigenvalue weighted by Crippen LogP contribution is 2.33. The van der Waals surface area contributed by atoms with Crippen molar-refractivity contribution in [1.82, 2.24) is 14.9 Å². The summed E-state index contributed by atoms with van der Waals surface area (Å²) in [6, 6.07) is 7.77. The predicted molar refractivity (Wildman–Crippen MR) is 103 cm³/mol. The number of nitrogens with one attached hydrogen (secondary N) is 1. The third kappa shape index (κ3) is 4.27. The van der Waals surface area contributed by atoms with Gasteiger partial charge in [-0.2, -0.15) is 0 Å². The van der Waals surface area contributed by atoms with Crippen LogP contribution in [0.15, 0.2) is 39.6 Å². The Balaban J connectivity index is 1.72. The number of pyridine rings is 1. The van der Waals surface area contributed by atoms with Crippen molar-refractivity contribution in [3.63, 3.8) is 0 Å². The molecular formula is C16H15BrN4OS2. The van der Waals surface area contributed by atoms with Gasteiger partial charge in [0.2, 0.25) is 0 Å². The smallest absolute Gasteiger partial charge is 0.276 e. The molecule has 0 aromatic carbocycles. The zero-order valence-electron chi connectivity index (χ0n) is 13.1. The maximum atomic E-state index is 12.4. The quantitative estimate of drug-likeness (QED) is 0.663. The number of thiophene rings is 1. The molecule has 0 atom stereocenters. The topological polar surface area (TPSA) is 58.1 Å². The molecule has 0 aliphatic carbocycles. The number of thiazole rings is 1. The van der Waals surface area contributed by atoms with Crippen molar-refractivity contribution in [2.75, 3.05) is 19.4 Å². The number of hydrogen-bond acceptors (Lipinski definition) is 6. The van der Waals surface area contributed by atoms with E-state index in [1.165, 1.54) is 11.3 Å². The molecule has 0 saturated heterocycles. The fourth-order valence-electron chi connectivity index (χ4n) is 2.11. The summed E-state index contributed by atoms with van der Waals surface area (Å²) in [5, 5.41) is 5.42. The van der Waals surface area contributed by atoms with Gasteiger partial charge in [-0.3, -0.25) is 4.79 Å². The number of rotatable bonds is 5. The highest BCUT2D eigenvalue weighted by atomic mass is 79.9. The van der Waals surface area contributed by atoms with Gasteiger partial charge in [0.05, 0.1) is 8.66 Å². The normalized spacial score (nSPS) is 11.0. The molecule has 1 N–H and O–H groups in total. The Morgan fingerprint density at radius 2 is 2.17 bits per heavy atom. The van der Waals surface area contributed by atoms with Crippen LogP contribution in [0, 0.1) is 0 Å². The number of aromatic nitrogens is 2. The monoisotopic (exact) mass is 422 g/mol. The van der Waals surface area contributed by atoms with Gasteiger partial charge < -0.3 is 10.2 Å². The molecule has 1 amide bonds. The predicted octanol–water partition coefficient (Wildman–Crippen LogP) is 4.34. The number of carbonyl (C=O) groups excluding carboxylic acids is 1. The average molecular weight is 423 g/mol. The summed E-state index contributed by atoms with van der Waals surface area (Å²) < 4.78 is 1.04. The molecule has 3 aromatic heterocycles. The van der Waals surface area contributed by atoms with Gasteiger partial charge in [-0.25, -0.2) is 9.97 Å². The Kier molecular flexibility index (Phi) is 5.40. The molecule has 0 saturated carbocycles. The average Bonchev–Trinajstić information content (AvgIpc) is 3.15. The SMILES string of the molecule is CN(C)Cc1ccnc(NC(=O)c2csc(-c3ccc(Br)s3)n2)c1.